The minimum Gasteiger partial charge on any atom is -0.497 e. The molecule has 0 aliphatic carbocycles. The van der Waals surface area contributed by atoms with Crippen LogP contribution in [0.25, 0.3) is 0 Å². The van der Waals surface area contributed by atoms with Crippen LogP contribution in [0, 0.1) is 5.82 Å². The number of methoxy groups -OCH3 is 2. The van der Waals surface area contributed by atoms with Gasteiger partial charge in [0.25, 0.3) is 10.0 Å². The van der Waals surface area contributed by atoms with Crippen molar-refractivity contribution in [2.45, 2.75) is 11.4 Å². The van der Waals surface area contributed by atoms with Gasteiger partial charge in [-0.2, -0.15) is 0 Å². The van der Waals surface area contributed by atoms with Crippen LogP contribution in [0.3, 0.4) is 0 Å². The van der Waals surface area contributed by atoms with Gasteiger partial charge in [0.15, 0.2) is 0 Å². The van der Waals surface area contributed by atoms with E-state index in [1.54, 1.807) is 18.2 Å². The Bertz CT molecular complexity index is 1690. The number of ether oxygens (including phenoxy) is 2. The number of likely N-dealkylation sites (N-methyl/N-ethyl adjacent to an activating group) is 2. The van der Waals surface area contributed by atoms with Gasteiger partial charge in [-0.15, -0.1) is 0 Å². The van der Waals surface area contributed by atoms with Gasteiger partial charge >= 0.3 is 0 Å². The Hall–Kier alpha value is -3.29. The first-order valence-corrected chi connectivity index (χ1v) is 16.0. The predicted octanol–water partition coefficient (Wildman–Crippen LogP) is 6.74. The van der Waals surface area contributed by atoms with E-state index >= 15 is 4.39 Å². The van der Waals surface area contributed by atoms with Gasteiger partial charge in [-0.25, -0.2) is 22.1 Å². The lowest BCUT2D eigenvalue weighted by Gasteiger charge is -2.25. The Labute approximate surface area is 265 Å². The number of hydrogen-bond acceptors (Lipinski definition) is 9. The summed E-state index contributed by atoms with van der Waals surface area (Å²) in [7, 11) is 4.39. The van der Waals surface area contributed by atoms with Crippen LogP contribution in [0.2, 0.25) is 9.36 Å². The molecule has 3 aromatic carbocycles. The van der Waals surface area contributed by atoms with Gasteiger partial charge in [-0.3, -0.25) is 0 Å². The molecular weight excluding hydrogens is 636 g/mol. The van der Waals surface area contributed by atoms with Gasteiger partial charge in [-0.05, 0) is 44.4 Å². The molecule has 0 aliphatic heterocycles. The maximum atomic E-state index is 15.8. The Morgan fingerprint density at radius 1 is 0.977 bits per heavy atom. The zero-order chi connectivity index (χ0) is 31.3. The number of aromatic nitrogens is 1. The van der Waals surface area contributed by atoms with Crippen LogP contribution in [-0.4, -0.2) is 66.8 Å². The van der Waals surface area contributed by atoms with Gasteiger partial charge in [0.1, 0.15) is 26.5 Å². The molecule has 0 bridgehead atoms. The van der Waals surface area contributed by atoms with E-state index in [9.17, 15) is 8.42 Å². The highest BCUT2D eigenvalue weighted by molar-refractivity contribution is 7.93. The summed E-state index contributed by atoms with van der Waals surface area (Å²) in [6.07, 6.45) is 1.33. The van der Waals surface area contributed by atoms with E-state index in [1.165, 1.54) is 20.4 Å². The van der Waals surface area contributed by atoms with Crippen molar-refractivity contribution in [2.24, 2.45) is 0 Å². The largest absolute Gasteiger partial charge is 0.497 e. The predicted molar refractivity (Wildman–Crippen MR) is 173 cm³/mol. The third-order valence-corrected chi connectivity index (χ3v) is 9.86. The molecule has 1 heterocycles. The molecule has 4 aromatic rings. The van der Waals surface area contributed by atoms with Crippen LogP contribution in [0.15, 0.2) is 65.7 Å². The third kappa shape index (κ3) is 7.63. The summed E-state index contributed by atoms with van der Waals surface area (Å²) >= 11 is 13.6. The molecule has 0 radical (unpaired) electrons. The maximum absolute atomic E-state index is 15.8. The van der Waals surface area contributed by atoms with Gasteiger partial charge in [0.05, 0.1) is 49.0 Å². The second-order valence-electron chi connectivity index (χ2n) is 9.77. The van der Waals surface area contributed by atoms with Gasteiger partial charge in [0.2, 0.25) is 5.13 Å². The van der Waals surface area contributed by atoms with Crippen LogP contribution in [-0.2, 0) is 16.6 Å². The van der Waals surface area contributed by atoms with E-state index < -0.39 is 20.7 Å². The van der Waals surface area contributed by atoms with Crippen LogP contribution in [0.5, 0.6) is 11.5 Å². The van der Waals surface area contributed by atoms with Crippen molar-refractivity contribution in [3.63, 3.8) is 0 Å². The lowest BCUT2D eigenvalue weighted by atomic mass is 10.2. The lowest BCUT2D eigenvalue weighted by Crippen LogP contribution is -2.31. The van der Waals surface area contributed by atoms with Crippen molar-refractivity contribution in [1.29, 1.82) is 0 Å². The highest BCUT2D eigenvalue weighted by Gasteiger charge is 2.32. The molecule has 9 nitrogen and oxygen atoms in total. The number of benzene rings is 3. The second kappa shape index (κ2) is 14.0. The Morgan fingerprint density at radius 3 is 2.37 bits per heavy atom. The number of halogens is 3. The summed E-state index contributed by atoms with van der Waals surface area (Å²) in [6.45, 7) is 1.36. The van der Waals surface area contributed by atoms with E-state index in [1.807, 2.05) is 45.4 Å². The van der Waals surface area contributed by atoms with E-state index in [-0.39, 0.29) is 26.7 Å². The average Bonchev–Trinajstić information content (AvgIpc) is 3.41. The Morgan fingerprint density at radius 2 is 1.72 bits per heavy atom. The van der Waals surface area contributed by atoms with Crippen molar-refractivity contribution < 1.29 is 22.3 Å². The summed E-state index contributed by atoms with van der Waals surface area (Å²) in [5.41, 5.74) is 2.27. The molecule has 0 saturated carbocycles. The number of nitrogens with zero attached hydrogens (tertiary/aromatic N) is 4. The summed E-state index contributed by atoms with van der Waals surface area (Å²) in [5.74, 6) is -0.0761. The lowest BCUT2D eigenvalue weighted by molar-refractivity contribution is 0.391. The topological polar surface area (TPSA) is 87.2 Å². The maximum Gasteiger partial charge on any atom is 0.269 e. The Balaban J connectivity index is 1.71. The third-order valence-electron chi connectivity index (χ3n) is 6.54. The van der Waals surface area contributed by atoms with Crippen molar-refractivity contribution in [3.8, 4) is 11.5 Å². The molecule has 1 aromatic heterocycles. The number of hydrogen-bond donors (Lipinski definition) is 1. The summed E-state index contributed by atoms with van der Waals surface area (Å²) < 4.78 is 55.8. The molecule has 230 valence electrons. The highest BCUT2D eigenvalue weighted by atomic mass is 35.5. The van der Waals surface area contributed by atoms with Crippen LogP contribution >= 0.6 is 34.5 Å². The normalized spacial score (nSPS) is 11.5. The molecule has 43 heavy (non-hydrogen) atoms. The zero-order valence-corrected chi connectivity index (χ0v) is 27.4. The second-order valence-corrected chi connectivity index (χ2v) is 13.6. The molecule has 0 unspecified atom stereocenters. The SMILES string of the molecule is COc1ccc(CN(c2ncc(Cl)s2)S(=O)(=O)c2cc(Cl)c(Nc3ccccc3N(C)CCN(C)C)cc2F)c(OC)c1. The molecule has 0 aliphatic rings. The molecule has 14 heteroatoms. The van der Waals surface area contributed by atoms with E-state index in [4.69, 9.17) is 32.7 Å². The first kappa shape index (κ1) is 32.6. The number of para-hydroxylation sites is 2. The molecule has 0 fully saturated rings. The van der Waals surface area contributed by atoms with Crippen molar-refractivity contribution >= 4 is 66.8 Å². The fraction of sp³-hybridized carbons (Fsp3) is 0.276. The highest BCUT2D eigenvalue weighted by Crippen LogP contribution is 2.38. The number of nitrogens with one attached hydrogen (secondary N) is 1. The standard InChI is InChI=1S/C29H32Cl2FN5O4S2/c1-35(2)12-13-36(3)25-9-7-6-8-23(25)34-24-16-22(32)27(15-21(24)30)43(38,39)37(29-33-17-28(31)42-29)18-19-10-11-20(40-4)14-26(19)41-5/h6-11,14-17,34H,12-13,18H2,1-5H3. The summed E-state index contributed by atoms with van der Waals surface area (Å²) in [5, 5.41) is 3.24. The fourth-order valence-electron chi connectivity index (χ4n) is 4.22. The molecular formula is C29H32Cl2FN5O4S2. The minimum absolute atomic E-state index is 0.0184. The van der Waals surface area contributed by atoms with Crippen molar-refractivity contribution in [3.05, 3.63) is 81.5 Å². The molecule has 0 spiro atoms. The number of thiazole rings is 1. The molecule has 0 saturated heterocycles. The first-order valence-electron chi connectivity index (χ1n) is 13.0. The minimum atomic E-state index is -4.52. The molecule has 4 rings (SSSR count). The number of sulfonamides is 1. The smallest absolute Gasteiger partial charge is 0.269 e. The van der Waals surface area contributed by atoms with E-state index in [0.29, 0.717) is 22.7 Å². The summed E-state index contributed by atoms with van der Waals surface area (Å²) in [4.78, 5) is 7.69. The fourth-order valence-corrected chi connectivity index (χ4v) is 7.08. The Kier molecular flexibility index (Phi) is 10.6. The first-order chi connectivity index (χ1) is 20.4. The molecule has 0 amide bonds. The van der Waals surface area contributed by atoms with Gasteiger partial charge in [0, 0.05) is 37.8 Å². The summed E-state index contributed by atoms with van der Waals surface area (Å²) in [6, 6.07) is 14.7. The molecule has 1 N–H and O–H groups in total. The van der Waals surface area contributed by atoms with Gasteiger partial charge in [-0.1, -0.05) is 46.7 Å². The van der Waals surface area contributed by atoms with Gasteiger partial charge < -0.3 is 24.6 Å². The number of rotatable bonds is 13. The van der Waals surface area contributed by atoms with Crippen LogP contribution in [0.1, 0.15) is 5.56 Å². The quantitative estimate of drug-likeness (QED) is 0.168. The van der Waals surface area contributed by atoms with Crippen LogP contribution in [0.4, 0.5) is 26.6 Å². The van der Waals surface area contributed by atoms with E-state index in [0.717, 1.165) is 46.6 Å². The zero-order valence-electron chi connectivity index (χ0n) is 24.3. The van der Waals surface area contributed by atoms with Crippen molar-refractivity contribution in [1.82, 2.24) is 9.88 Å². The monoisotopic (exact) mass is 667 g/mol. The van der Waals surface area contributed by atoms with E-state index in [2.05, 4.69) is 20.1 Å². The van der Waals surface area contributed by atoms with Crippen molar-refractivity contribution in [2.75, 3.05) is 63.0 Å². The molecule has 0 atom stereocenters. The average molecular weight is 669 g/mol. The number of anilines is 4. The van der Waals surface area contributed by atoms with Crippen LogP contribution < -0.4 is 24.0 Å².